The van der Waals surface area contributed by atoms with Gasteiger partial charge < -0.3 is 28.8 Å². The molecule has 31 heavy (non-hydrogen) atoms. The molecule has 0 bridgehead atoms. The molecule has 0 spiro atoms. The van der Waals surface area contributed by atoms with E-state index in [9.17, 15) is 5.11 Å². The smallest absolute Gasteiger partial charge is 0.160 e. The van der Waals surface area contributed by atoms with E-state index in [1.165, 1.54) is 5.56 Å². The van der Waals surface area contributed by atoms with Crippen LogP contribution in [0.1, 0.15) is 31.7 Å². The van der Waals surface area contributed by atoms with E-state index in [4.69, 9.17) is 23.7 Å². The molecule has 1 N–H and O–H groups in total. The molecule has 0 radical (unpaired) electrons. The number of aryl methyl sites for hydroxylation is 1. The molecule has 7 heteroatoms. The Kier molecular flexibility index (Phi) is 13.6. The summed E-state index contributed by atoms with van der Waals surface area (Å²) in [5.41, 5.74) is 1.20. The highest BCUT2D eigenvalue weighted by Gasteiger charge is 2.07. The van der Waals surface area contributed by atoms with Crippen LogP contribution >= 0.6 is 13.5 Å². The van der Waals surface area contributed by atoms with Crippen LogP contribution in [0.2, 0.25) is 0 Å². The lowest BCUT2D eigenvalue weighted by molar-refractivity contribution is 0.0975. The van der Waals surface area contributed by atoms with Crippen molar-refractivity contribution < 1.29 is 28.8 Å². The van der Waals surface area contributed by atoms with Gasteiger partial charge in [-0.05, 0) is 68.1 Å². The van der Waals surface area contributed by atoms with Gasteiger partial charge in [-0.1, -0.05) is 12.5 Å². The van der Waals surface area contributed by atoms with Gasteiger partial charge in [-0.3, -0.25) is 0 Å². The molecule has 1 atom stereocenters. The van der Waals surface area contributed by atoms with Crippen LogP contribution in [0.15, 0.2) is 42.5 Å². The van der Waals surface area contributed by atoms with Crippen molar-refractivity contribution in [3.8, 4) is 23.0 Å². The van der Waals surface area contributed by atoms with Crippen molar-refractivity contribution in [1.29, 1.82) is 0 Å². The van der Waals surface area contributed by atoms with E-state index in [1.807, 2.05) is 49.4 Å². The lowest BCUT2D eigenvalue weighted by atomic mass is 10.0. The molecule has 0 heterocycles. The van der Waals surface area contributed by atoms with Crippen molar-refractivity contribution in [3.05, 3.63) is 48.0 Å². The third kappa shape index (κ3) is 10.2. The van der Waals surface area contributed by atoms with Gasteiger partial charge in [-0.2, -0.15) is 13.5 Å². The Hall–Kier alpha value is -2.09. The zero-order chi connectivity index (χ0) is 21.6. The summed E-state index contributed by atoms with van der Waals surface area (Å²) in [6.07, 6.45) is 3.05. The number of hydrogen-bond acceptors (Lipinski definition) is 6. The molecule has 0 saturated heterocycles. The second-order valence-corrected chi connectivity index (χ2v) is 6.92. The maximum Gasteiger partial charge on any atom is 0.160 e. The molecule has 174 valence electrons. The van der Waals surface area contributed by atoms with Crippen molar-refractivity contribution in [1.82, 2.24) is 0 Å². The van der Waals surface area contributed by atoms with Crippen LogP contribution in [-0.4, -0.2) is 51.9 Å². The number of rotatable bonds is 15. The average molecular weight is 453 g/mol. The fourth-order valence-electron chi connectivity index (χ4n) is 3.02. The second kappa shape index (κ2) is 15.7. The van der Waals surface area contributed by atoms with Crippen LogP contribution < -0.4 is 18.9 Å². The number of hydrogen-bond donors (Lipinski definition) is 1. The molecule has 2 rings (SSSR count). The molecule has 0 unspecified atom stereocenters. The Balaban J connectivity index is 0.00000480. The van der Waals surface area contributed by atoms with Gasteiger partial charge in [0.1, 0.15) is 24.7 Å². The monoisotopic (exact) mass is 452 g/mol. The normalized spacial score (nSPS) is 11.4. The fraction of sp³-hybridized carbons (Fsp3) is 0.500. The third-order valence-electron chi connectivity index (χ3n) is 4.67. The van der Waals surface area contributed by atoms with Gasteiger partial charge in [-0.25, -0.2) is 0 Å². The summed E-state index contributed by atoms with van der Waals surface area (Å²) in [5, 5.41) is 10.2. The summed E-state index contributed by atoms with van der Waals surface area (Å²) in [6.45, 7) is 4.03. The average Bonchev–Trinajstić information content (AvgIpc) is 2.78. The molecule has 0 amide bonds. The van der Waals surface area contributed by atoms with Gasteiger partial charge in [0.25, 0.3) is 0 Å². The maximum atomic E-state index is 10.2. The first-order valence-corrected chi connectivity index (χ1v) is 10.5. The summed E-state index contributed by atoms with van der Waals surface area (Å²) >= 11 is 0. The fourth-order valence-corrected chi connectivity index (χ4v) is 3.02. The third-order valence-corrected chi connectivity index (χ3v) is 4.67. The summed E-state index contributed by atoms with van der Waals surface area (Å²) in [4.78, 5) is 0. The van der Waals surface area contributed by atoms with Crippen LogP contribution in [0, 0.1) is 0 Å². The Morgan fingerprint density at radius 1 is 0.839 bits per heavy atom. The number of ether oxygens (including phenoxy) is 5. The van der Waals surface area contributed by atoms with Crippen molar-refractivity contribution in [2.24, 2.45) is 0 Å². The van der Waals surface area contributed by atoms with Crippen molar-refractivity contribution in [2.45, 2.75) is 38.7 Å². The molecule has 2 aromatic rings. The van der Waals surface area contributed by atoms with E-state index in [-0.39, 0.29) is 20.1 Å². The number of methoxy groups -OCH3 is 2. The van der Waals surface area contributed by atoms with E-state index >= 15 is 0 Å². The molecular weight excluding hydrogens is 416 g/mol. The lowest BCUT2D eigenvalue weighted by Crippen LogP contribution is -2.17. The first-order chi connectivity index (χ1) is 14.7. The largest absolute Gasteiger partial charge is 0.493 e. The predicted molar refractivity (Wildman–Crippen MR) is 127 cm³/mol. The van der Waals surface area contributed by atoms with Crippen LogP contribution in [0.25, 0.3) is 0 Å². The highest BCUT2D eigenvalue weighted by molar-refractivity contribution is 7.59. The molecule has 0 aliphatic heterocycles. The lowest BCUT2D eigenvalue weighted by Gasteiger charge is -2.13. The number of aliphatic hydroxyl groups is 1. The second-order valence-electron chi connectivity index (χ2n) is 6.92. The number of benzene rings is 2. The summed E-state index contributed by atoms with van der Waals surface area (Å²) in [5.74, 6) is 2.97. The Bertz CT molecular complexity index is 723. The Morgan fingerprint density at radius 3 is 2.16 bits per heavy atom. The van der Waals surface area contributed by atoms with E-state index < -0.39 is 6.10 Å². The minimum atomic E-state index is -0.488. The zero-order valence-electron chi connectivity index (χ0n) is 18.8. The summed E-state index contributed by atoms with van der Waals surface area (Å²) in [7, 11) is 3.27. The van der Waals surface area contributed by atoms with E-state index in [0.717, 1.165) is 42.3 Å². The molecule has 0 aliphatic carbocycles. The Labute approximate surface area is 192 Å². The molecule has 0 aliphatic rings. The number of unbranched alkanes of at least 4 members (excludes halogenated alkanes) is 1. The maximum absolute atomic E-state index is 10.2. The van der Waals surface area contributed by atoms with Crippen molar-refractivity contribution >= 4 is 13.5 Å². The van der Waals surface area contributed by atoms with Crippen LogP contribution in [0.5, 0.6) is 23.0 Å². The zero-order valence-corrected chi connectivity index (χ0v) is 19.8. The van der Waals surface area contributed by atoms with Crippen molar-refractivity contribution in [3.63, 3.8) is 0 Å². The molecule has 6 nitrogen and oxygen atoms in total. The first kappa shape index (κ1) is 26.9. The number of aliphatic hydroxyl groups excluding tert-OH is 1. The minimum Gasteiger partial charge on any atom is -0.493 e. The van der Waals surface area contributed by atoms with Crippen molar-refractivity contribution in [2.75, 3.05) is 40.6 Å². The molecular formula is C24H36O6S. The summed E-state index contributed by atoms with van der Waals surface area (Å²) in [6, 6.07) is 13.4. The molecule has 0 aromatic heterocycles. The van der Waals surface area contributed by atoms with Crippen LogP contribution in [0.3, 0.4) is 0 Å². The highest BCUT2D eigenvalue weighted by Crippen LogP contribution is 2.28. The van der Waals surface area contributed by atoms with E-state index in [2.05, 4.69) is 0 Å². The van der Waals surface area contributed by atoms with Gasteiger partial charge in [0.05, 0.1) is 26.9 Å². The topological polar surface area (TPSA) is 66.4 Å². The Morgan fingerprint density at radius 2 is 1.52 bits per heavy atom. The summed E-state index contributed by atoms with van der Waals surface area (Å²) < 4.78 is 27.1. The van der Waals surface area contributed by atoms with Gasteiger partial charge in [0, 0.05) is 6.61 Å². The molecule has 2 aromatic carbocycles. The minimum absolute atomic E-state index is 0. The van der Waals surface area contributed by atoms with Crippen LogP contribution in [-0.2, 0) is 11.2 Å². The first-order valence-electron chi connectivity index (χ1n) is 10.5. The van der Waals surface area contributed by atoms with Gasteiger partial charge in [0.2, 0.25) is 0 Å². The molecule has 0 saturated carbocycles. The highest BCUT2D eigenvalue weighted by atomic mass is 32.1. The van der Waals surface area contributed by atoms with Gasteiger partial charge >= 0.3 is 0 Å². The van der Waals surface area contributed by atoms with Crippen LogP contribution in [0.4, 0.5) is 0 Å². The standard InChI is InChI=1S/C24H34O6.H2S/c1-4-28-15-16-29-21-10-12-22(13-11-21)30-18-20(25)8-6-5-7-19-9-14-23(26-2)24(17-19)27-3;/h9-14,17,20,25H,4-8,15-16,18H2,1-3H3;1H2/t20-;/m0./s1. The quantitative estimate of drug-likeness (QED) is 0.405. The van der Waals surface area contributed by atoms with E-state index in [1.54, 1.807) is 14.2 Å². The van der Waals surface area contributed by atoms with Gasteiger partial charge in [-0.15, -0.1) is 0 Å². The predicted octanol–water partition coefficient (Wildman–Crippen LogP) is 4.38. The van der Waals surface area contributed by atoms with E-state index in [0.29, 0.717) is 26.2 Å². The SMILES string of the molecule is CCOCCOc1ccc(OC[C@@H](O)CCCCc2ccc(OC)c(OC)c2)cc1.S. The van der Waals surface area contributed by atoms with Gasteiger partial charge in [0.15, 0.2) is 11.5 Å². The molecule has 0 fully saturated rings.